The quantitative estimate of drug-likeness (QED) is 0.677. The van der Waals surface area contributed by atoms with Crippen molar-refractivity contribution in [2.75, 3.05) is 19.3 Å². The van der Waals surface area contributed by atoms with E-state index in [-0.39, 0.29) is 11.8 Å². The molecule has 0 aliphatic carbocycles. The standard InChI is InChI=1S/C19H20N4OS/c1-25-16-9-3-2-8-15(16)19(24)22-11-6-7-14(13-22)18-21-20-17-10-4-5-12-23(17)18/h2-5,8-10,12,14H,6-7,11,13H2,1H3/t14-/m1/s1. The van der Waals surface area contributed by atoms with Gasteiger partial charge in [-0.25, -0.2) is 0 Å². The lowest BCUT2D eigenvalue weighted by Crippen LogP contribution is -2.39. The highest BCUT2D eigenvalue weighted by Crippen LogP contribution is 2.28. The number of amides is 1. The van der Waals surface area contributed by atoms with E-state index < -0.39 is 0 Å². The van der Waals surface area contributed by atoms with Crippen molar-refractivity contribution in [1.82, 2.24) is 19.5 Å². The van der Waals surface area contributed by atoms with E-state index in [9.17, 15) is 4.79 Å². The molecule has 0 radical (unpaired) electrons. The fourth-order valence-corrected chi connectivity index (χ4v) is 4.09. The lowest BCUT2D eigenvalue weighted by Gasteiger charge is -2.32. The first-order chi connectivity index (χ1) is 12.3. The van der Waals surface area contributed by atoms with Crippen molar-refractivity contribution in [3.63, 3.8) is 0 Å². The van der Waals surface area contributed by atoms with E-state index in [0.29, 0.717) is 6.54 Å². The van der Waals surface area contributed by atoms with Crippen LogP contribution in [0.3, 0.4) is 0 Å². The number of piperidine rings is 1. The van der Waals surface area contributed by atoms with E-state index in [0.717, 1.165) is 41.3 Å². The van der Waals surface area contributed by atoms with Crippen LogP contribution in [0.15, 0.2) is 53.6 Å². The van der Waals surface area contributed by atoms with Gasteiger partial charge in [0.15, 0.2) is 5.65 Å². The number of benzene rings is 1. The summed E-state index contributed by atoms with van der Waals surface area (Å²) in [7, 11) is 0. The van der Waals surface area contributed by atoms with Gasteiger partial charge in [0.2, 0.25) is 0 Å². The maximum Gasteiger partial charge on any atom is 0.255 e. The zero-order chi connectivity index (χ0) is 17.2. The Balaban J connectivity index is 1.60. The Morgan fingerprint density at radius 2 is 2.00 bits per heavy atom. The van der Waals surface area contributed by atoms with Crippen molar-refractivity contribution in [2.24, 2.45) is 0 Å². The predicted molar refractivity (Wildman–Crippen MR) is 99.1 cm³/mol. The molecule has 0 saturated carbocycles. The van der Waals surface area contributed by atoms with E-state index in [2.05, 4.69) is 10.2 Å². The highest BCUT2D eigenvalue weighted by Gasteiger charge is 2.29. The second-order valence-electron chi connectivity index (χ2n) is 6.28. The first-order valence-corrected chi connectivity index (χ1v) is 9.72. The largest absolute Gasteiger partial charge is 0.338 e. The lowest BCUT2D eigenvalue weighted by atomic mass is 9.96. The van der Waals surface area contributed by atoms with Crippen LogP contribution in [-0.2, 0) is 0 Å². The van der Waals surface area contributed by atoms with E-state index in [1.54, 1.807) is 11.8 Å². The van der Waals surface area contributed by atoms with Crippen molar-refractivity contribution in [1.29, 1.82) is 0 Å². The zero-order valence-corrected chi connectivity index (χ0v) is 14.9. The molecule has 0 bridgehead atoms. The molecule has 3 heterocycles. The summed E-state index contributed by atoms with van der Waals surface area (Å²) < 4.78 is 2.04. The number of nitrogens with zero attached hydrogens (tertiary/aromatic N) is 4. The Morgan fingerprint density at radius 3 is 2.88 bits per heavy atom. The molecule has 25 heavy (non-hydrogen) atoms. The van der Waals surface area contributed by atoms with Crippen LogP contribution >= 0.6 is 11.8 Å². The third-order valence-electron chi connectivity index (χ3n) is 4.75. The van der Waals surface area contributed by atoms with Gasteiger partial charge in [0.1, 0.15) is 5.82 Å². The second-order valence-corrected chi connectivity index (χ2v) is 7.13. The molecule has 1 aliphatic rings. The Morgan fingerprint density at radius 1 is 1.16 bits per heavy atom. The third kappa shape index (κ3) is 3.02. The van der Waals surface area contributed by atoms with Crippen molar-refractivity contribution in [3.05, 3.63) is 60.0 Å². The molecule has 0 unspecified atom stereocenters. The van der Waals surface area contributed by atoms with Crippen LogP contribution in [0, 0.1) is 0 Å². The summed E-state index contributed by atoms with van der Waals surface area (Å²) in [6.07, 6.45) is 6.02. The molecule has 1 fully saturated rings. The van der Waals surface area contributed by atoms with Crippen LogP contribution in [-0.4, -0.2) is 44.8 Å². The van der Waals surface area contributed by atoms with Gasteiger partial charge in [0.25, 0.3) is 5.91 Å². The van der Waals surface area contributed by atoms with Gasteiger partial charge in [-0.05, 0) is 43.4 Å². The van der Waals surface area contributed by atoms with Gasteiger partial charge in [-0.2, -0.15) is 0 Å². The number of hydrogen-bond acceptors (Lipinski definition) is 4. The highest BCUT2D eigenvalue weighted by molar-refractivity contribution is 7.98. The molecular formula is C19H20N4OS. The predicted octanol–water partition coefficient (Wildman–Crippen LogP) is 3.47. The van der Waals surface area contributed by atoms with Crippen LogP contribution in [0.5, 0.6) is 0 Å². The van der Waals surface area contributed by atoms with Gasteiger partial charge >= 0.3 is 0 Å². The molecule has 0 N–H and O–H groups in total. The van der Waals surface area contributed by atoms with Crippen molar-refractivity contribution < 1.29 is 4.79 Å². The highest BCUT2D eigenvalue weighted by atomic mass is 32.2. The summed E-state index contributed by atoms with van der Waals surface area (Å²) in [5, 5.41) is 8.65. The monoisotopic (exact) mass is 352 g/mol. The van der Waals surface area contributed by atoms with E-state index in [1.165, 1.54) is 0 Å². The summed E-state index contributed by atoms with van der Waals surface area (Å²) in [6.45, 7) is 1.49. The van der Waals surface area contributed by atoms with Crippen LogP contribution in [0.2, 0.25) is 0 Å². The normalized spacial score (nSPS) is 17.8. The summed E-state index contributed by atoms with van der Waals surface area (Å²) in [5.74, 6) is 1.28. The van der Waals surface area contributed by atoms with E-state index in [1.807, 2.05) is 64.2 Å². The number of aromatic nitrogens is 3. The summed E-state index contributed by atoms with van der Waals surface area (Å²) in [5.41, 5.74) is 1.65. The number of thioether (sulfide) groups is 1. The molecule has 6 heteroatoms. The van der Waals surface area contributed by atoms with Crippen LogP contribution < -0.4 is 0 Å². The average Bonchev–Trinajstić information content (AvgIpc) is 3.11. The zero-order valence-electron chi connectivity index (χ0n) is 14.1. The number of likely N-dealkylation sites (tertiary alicyclic amines) is 1. The molecule has 1 aliphatic heterocycles. The average molecular weight is 352 g/mol. The second kappa shape index (κ2) is 6.88. The Kier molecular flexibility index (Phi) is 4.44. The SMILES string of the molecule is CSc1ccccc1C(=O)N1CCC[C@@H](c2nnc3ccccn23)C1. The maximum atomic E-state index is 13.0. The molecule has 1 amide bonds. The topological polar surface area (TPSA) is 50.5 Å². The molecule has 1 atom stereocenters. The van der Waals surface area contributed by atoms with Crippen molar-refractivity contribution in [3.8, 4) is 0 Å². The minimum Gasteiger partial charge on any atom is -0.338 e. The molecule has 0 spiro atoms. The fraction of sp³-hybridized carbons (Fsp3) is 0.316. The Labute approximate surface area is 151 Å². The first kappa shape index (κ1) is 16.1. The number of fused-ring (bicyclic) bond motifs is 1. The molecular weight excluding hydrogens is 332 g/mol. The molecule has 4 rings (SSSR count). The fourth-order valence-electron chi connectivity index (χ4n) is 3.50. The van der Waals surface area contributed by atoms with Gasteiger partial charge in [0, 0.05) is 30.1 Å². The van der Waals surface area contributed by atoms with Crippen LogP contribution in [0.25, 0.3) is 5.65 Å². The molecule has 1 aromatic carbocycles. The number of carbonyl (C=O) groups excluding carboxylic acids is 1. The number of rotatable bonds is 3. The minimum atomic E-state index is 0.114. The summed E-state index contributed by atoms with van der Waals surface area (Å²) in [6, 6.07) is 13.7. The molecule has 128 valence electrons. The lowest BCUT2D eigenvalue weighted by molar-refractivity contribution is 0.0700. The van der Waals surface area contributed by atoms with Gasteiger partial charge in [0.05, 0.1) is 5.56 Å². The van der Waals surface area contributed by atoms with Crippen molar-refractivity contribution >= 4 is 23.3 Å². The first-order valence-electron chi connectivity index (χ1n) is 8.50. The number of hydrogen-bond donors (Lipinski definition) is 0. The van der Waals surface area contributed by atoms with Crippen LogP contribution in [0.1, 0.15) is 34.9 Å². The molecule has 2 aromatic heterocycles. The maximum absolute atomic E-state index is 13.0. The molecule has 3 aromatic rings. The minimum absolute atomic E-state index is 0.114. The third-order valence-corrected chi connectivity index (χ3v) is 5.55. The van der Waals surface area contributed by atoms with Crippen LogP contribution in [0.4, 0.5) is 0 Å². The molecule has 5 nitrogen and oxygen atoms in total. The van der Waals surface area contributed by atoms with E-state index in [4.69, 9.17) is 0 Å². The number of carbonyl (C=O) groups is 1. The Hall–Kier alpha value is -2.34. The van der Waals surface area contributed by atoms with Gasteiger partial charge in [-0.3, -0.25) is 9.20 Å². The summed E-state index contributed by atoms with van der Waals surface area (Å²) >= 11 is 1.61. The van der Waals surface area contributed by atoms with Gasteiger partial charge in [-0.1, -0.05) is 18.2 Å². The Bertz CT molecular complexity index is 907. The van der Waals surface area contributed by atoms with Gasteiger partial charge in [-0.15, -0.1) is 22.0 Å². The smallest absolute Gasteiger partial charge is 0.255 e. The summed E-state index contributed by atoms with van der Waals surface area (Å²) in [4.78, 5) is 16.0. The molecule has 1 saturated heterocycles. The number of pyridine rings is 1. The van der Waals surface area contributed by atoms with Crippen molar-refractivity contribution in [2.45, 2.75) is 23.7 Å². The van der Waals surface area contributed by atoms with Gasteiger partial charge < -0.3 is 4.90 Å². The van der Waals surface area contributed by atoms with E-state index >= 15 is 0 Å².